The van der Waals surface area contributed by atoms with Gasteiger partial charge in [-0.1, -0.05) is 33.3 Å². The van der Waals surface area contributed by atoms with E-state index >= 15 is 0 Å². The number of rotatable bonds is 11. The van der Waals surface area contributed by atoms with Crippen LogP contribution in [0.5, 0.6) is 5.75 Å². The Kier molecular flexibility index (Phi) is 9.03. The molecule has 0 aliphatic carbocycles. The van der Waals surface area contributed by atoms with E-state index in [1.54, 1.807) is 17.9 Å². The van der Waals surface area contributed by atoms with Gasteiger partial charge in [0, 0.05) is 25.6 Å². The van der Waals surface area contributed by atoms with Crippen LogP contribution in [-0.4, -0.2) is 50.7 Å². The van der Waals surface area contributed by atoms with E-state index in [0.29, 0.717) is 44.5 Å². The van der Waals surface area contributed by atoms with Crippen LogP contribution in [0.2, 0.25) is 0 Å². The zero-order chi connectivity index (χ0) is 23.9. The zero-order valence-electron chi connectivity index (χ0n) is 19.2. The number of benzene rings is 1. The highest BCUT2D eigenvalue weighted by molar-refractivity contribution is 7.89. The average Bonchev–Trinajstić information content (AvgIpc) is 2.67. The van der Waals surface area contributed by atoms with Crippen molar-refractivity contribution in [3.8, 4) is 5.75 Å². The minimum absolute atomic E-state index is 0.0450. The zero-order valence-corrected chi connectivity index (χ0v) is 20.1. The summed E-state index contributed by atoms with van der Waals surface area (Å²) in [4.78, 5) is 24.4. The van der Waals surface area contributed by atoms with Crippen LogP contribution in [0, 0.1) is 11.2 Å². The molecule has 10 heteroatoms. The Morgan fingerprint density at radius 2 is 1.94 bits per heavy atom. The van der Waals surface area contributed by atoms with E-state index in [9.17, 15) is 22.4 Å². The number of halogens is 1. The van der Waals surface area contributed by atoms with Gasteiger partial charge in [0.15, 0.2) is 11.6 Å². The smallest absolute Gasteiger partial charge is 0.324 e. The summed E-state index contributed by atoms with van der Waals surface area (Å²) < 4.78 is 47.2. The molecule has 32 heavy (non-hydrogen) atoms. The van der Waals surface area contributed by atoms with Crippen molar-refractivity contribution in [2.24, 2.45) is 5.41 Å². The van der Waals surface area contributed by atoms with Gasteiger partial charge < -0.3 is 9.64 Å². The molecule has 1 aromatic rings. The van der Waals surface area contributed by atoms with E-state index in [1.807, 2.05) is 20.8 Å². The van der Waals surface area contributed by atoms with Crippen LogP contribution in [0.4, 0.5) is 9.18 Å². The highest BCUT2D eigenvalue weighted by atomic mass is 32.2. The molecule has 2 rings (SSSR count). The summed E-state index contributed by atoms with van der Waals surface area (Å²) in [5.41, 5.74) is 0.481. The summed E-state index contributed by atoms with van der Waals surface area (Å²) >= 11 is 0. The summed E-state index contributed by atoms with van der Waals surface area (Å²) in [5, 5.41) is 2.26. The van der Waals surface area contributed by atoms with Crippen LogP contribution < -0.4 is 14.8 Å². The molecule has 1 aliphatic rings. The van der Waals surface area contributed by atoms with Crippen molar-refractivity contribution in [3.05, 3.63) is 29.6 Å². The first-order valence-electron chi connectivity index (χ1n) is 10.9. The summed E-state index contributed by atoms with van der Waals surface area (Å²) in [7, 11) is -3.53. The molecule has 180 valence electrons. The van der Waals surface area contributed by atoms with Crippen LogP contribution in [-0.2, 0) is 14.8 Å². The Hall–Kier alpha value is -2.20. The molecule has 1 saturated heterocycles. The Balaban J connectivity index is 1.80. The molecular weight excluding hydrogens is 437 g/mol. The molecule has 0 spiro atoms. The number of urea groups is 1. The van der Waals surface area contributed by atoms with Crippen molar-refractivity contribution in [2.45, 2.75) is 59.4 Å². The van der Waals surface area contributed by atoms with Gasteiger partial charge in [0.05, 0.1) is 12.4 Å². The predicted molar refractivity (Wildman–Crippen MR) is 120 cm³/mol. The largest absolute Gasteiger partial charge is 0.490 e. The Labute approximate surface area is 189 Å². The number of amides is 3. The first-order chi connectivity index (χ1) is 14.9. The summed E-state index contributed by atoms with van der Waals surface area (Å²) in [6.07, 6.45) is 2.02. The summed E-state index contributed by atoms with van der Waals surface area (Å²) in [5.74, 6) is -0.699. The quantitative estimate of drug-likeness (QED) is 0.482. The molecule has 0 saturated carbocycles. The number of carbonyl (C=O) groups is 2. The number of ether oxygens (including phenoxy) is 1. The van der Waals surface area contributed by atoms with Crippen LogP contribution in [0.15, 0.2) is 18.2 Å². The molecule has 1 aromatic carbocycles. The van der Waals surface area contributed by atoms with Gasteiger partial charge in [0.25, 0.3) is 0 Å². The third kappa shape index (κ3) is 8.74. The fraction of sp³-hybridized carbons (Fsp3) is 0.636. The van der Waals surface area contributed by atoms with Crippen LogP contribution in [0.3, 0.4) is 0 Å². The Morgan fingerprint density at radius 1 is 1.22 bits per heavy atom. The van der Waals surface area contributed by atoms with E-state index in [4.69, 9.17) is 4.74 Å². The topological polar surface area (TPSA) is 105 Å². The first kappa shape index (κ1) is 26.1. The van der Waals surface area contributed by atoms with Gasteiger partial charge in [-0.05, 0) is 42.9 Å². The van der Waals surface area contributed by atoms with E-state index < -0.39 is 27.9 Å². The summed E-state index contributed by atoms with van der Waals surface area (Å²) in [6.45, 7) is 8.85. The van der Waals surface area contributed by atoms with Gasteiger partial charge in [-0.25, -0.2) is 22.3 Å². The first-order valence-corrected chi connectivity index (χ1v) is 12.5. The maximum atomic E-state index is 14.1. The number of hydrogen-bond acceptors (Lipinski definition) is 5. The van der Waals surface area contributed by atoms with E-state index in [-0.39, 0.29) is 29.2 Å². The number of hydrogen-bond donors (Lipinski definition) is 2. The Morgan fingerprint density at radius 3 is 2.59 bits per heavy atom. The van der Waals surface area contributed by atoms with Crippen molar-refractivity contribution in [1.29, 1.82) is 0 Å². The third-order valence-corrected chi connectivity index (χ3v) is 6.49. The molecular formula is C22H34FN3O5S. The Bertz CT molecular complexity index is 915. The lowest BCUT2D eigenvalue weighted by atomic mass is 9.98. The normalized spacial score (nSPS) is 16.1. The average molecular weight is 472 g/mol. The van der Waals surface area contributed by atoms with Gasteiger partial charge in [-0.2, -0.15) is 0 Å². The molecule has 0 radical (unpaired) electrons. The molecule has 0 unspecified atom stereocenters. The molecule has 3 amide bonds. The molecule has 0 aromatic heterocycles. The number of nitrogens with one attached hydrogen (secondary N) is 2. The van der Waals surface area contributed by atoms with Crippen LogP contribution >= 0.6 is 0 Å². The van der Waals surface area contributed by atoms with E-state index in [0.717, 1.165) is 0 Å². The number of imide groups is 1. The molecule has 1 aliphatic heterocycles. The van der Waals surface area contributed by atoms with Crippen molar-refractivity contribution in [3.63, 3.8) is 0 Å². The molecule has 1 fully saturated rings. The molecule has 0 bridgehead atoms. The second-order valence-electron chi connectivity index (χ2n) is 9.35. The van der Waals surface area contributed by atoms with Crippen molar-refractivity contribution < 1.29 is 27.1 Å². The second kappa shape index (κ2) is 11.1. The lowest BCUT2D eigenvalue weighted by Crippen LogP contribution is -2.49. The molecule has 2 N–H and O–H groups in total. The maximum absolute atomic E-state index is 14.1. The van der Waals surface area contributed by atoms with Gasteiger partial charge in [-0.15, -0.1) is 0 Å². The van der Waals surface area contributed by atoms with Crippen molar-refractivity contribution in [1.82, 2.24) is 14.9 Å². The van der Waals surface area contributed by atoms with E-state index in [1.165, 1.54) is 12.1 Å². The third-order valence-electron chi connectivity index (χ3n) is 4.96. The monoisotopic (exact) mass is 471 g/mol. The number of carbonyl (C=O) groups excluding carboxylic acids is 2. The van der Waals surface area contributed by atoms with Gasteiger partial charge >= 0.3 is 6.03 Å². The van der Waals surface area contributed by atoms with E-state index in [2.05, 4.69) is 10.0 Å². The highest BCUT2D eigenvalue weighted by Gasteiger charge is 2.22. The lowest BCUT2D eigenvalue weighted by Gasteiger charge is -2.26. The van der Waals surface area contributed by atoms with Gasteiger partial charge in [0.1, 0.15) is 0 Å². The minimum atomic E-state index is -3.53. The predicted octanol–water partition coefficient (Wildman–Crippen LogP) is 3.34. The second-order valence-corrected chi connectivity index (χ2v) is 11.2. The van der Waals surface area contributed by atoms with Crippen LogP contribution in [0.25, 0.3) is 0 Å². The number of sulfonamides is 1. The fourth-order valence-electron chi connectivity index (χ4n) is 3.17. The van der Waals surface area contributed by atoms with Gasteiger partial charge in [-0.3, -0.25) is 10.1 Å². The van der Waals surface area contributed by atoms with Crippen molar-refractivity contribution >= 4 is 22.0 Å². The lowest BCUT2D eigenvalue weighted by molar-refractivity contribution is -0.121. The minimum Gasteiger partial charge on any atom is -0.490 e. The number of nitrogens with zero attached hydrogens (tertiary/aromatic N) is 1. The van der Waals surface area contributed by atoms with Crippen LogP contribution in [0.1, 0.15) is 65.0 Å². The fourth-order valence-corrected chi connectivity index (χ4v) is 4.55. The molecule has 1 atom stereocenters. The molecule has 1 heterocycles. The standard InChI is InChI=1S/C22H34FN3O5S/c1-16(17-8-9-18(23)19(14-17)31-15-22(2,3)4)25-32(29,30)13-7-5-6-11-26-12-10-20(27)24-21(26)28/h8-9,14,16,25H,5-7,10-13,15H2,1-4H3,(H,24,27,28)/t16-/m1/s1. The summed E-state index contributed by atoms with van der Waals surface area (Å²) in [6, 6.07) is 3.42. The highest BCUT2D eigenvalue weighted by Crippen LogP contribution is 2.25. The number of unbranched alkanes of at least 4 members (excludes halogenated alkanes) is 2. The van der Waals surface area contributed by atoms with Gasteiger partial charge in [0.2, 0.25) is 15.9 Å². The van der Waals surface area contributed by atoms with Crippen molar-refractivity contribution in [2.75, 3.05) is 25.4 Å². The SMILES string of the molecule is C[C@@H](NS(=O)(=O)CCCCCN1CCC(=O)NC1=O)c1ccc(F)c(OCC(C)(C)C)c1. The maximum Gasteiger partial charge on any atom is 0.324 e. The molecule has 8 nitrogen and oxygen atoms in total.